The molecule has 0 saturated heterocycles. The molecule has 0 bridgehead atoms. The van der Waals surface area contributed by atoms with Gasteiger partial charge >= 0.3 is 79.7 Å². The second-order valence-electron chi connectivity index (χ2n) is 3.79. The summed E-state index contributed by atoms with van der Waals surface area (Å²) in [6.07, 6.45) is 0. The van der Waals surface area contributed by atoms with Crippen molar-refractivity contribution in [1.82, 2.24) is 6.15 Å². The van der Waals surface area contributed by atoms with Crippen molar-refractivity contribution in [3.63, 3.8) is 0 Å². The van der Waals surface area contributed by atoms with Crippen molar-refractivity contribution in [2.45, 2.75) is 34.6 Å². The molecule has 0 unspecified atom stereocenters. The van der Waals surface area contributed by atoms with Crippen molar-refractivity contribution in [2.75, 3.05) is 0 Å². The Morgan fingerprint density at radius 1 is 0.867 bits per heavy atom. The molecule has 0 radical (unpaired) electrons. The minimum atomic E-state index is 0. The van der Waals surface area contributed by atoms with Crippen LogP contribution in [0, 0.1) is 5.41 Å². The summed E-state index contributed by atoms with van der Waals surface area (Å²) < 4.78 is 1.53. The fourth-order valence-electron chi connectivity index (χ4n) is 1.53. The van der Waals surface area contributed by atoms with E-state index in [0.717, 1.165) is 0 Å². The third-order valence-corrected chi connectivity index (χ3v) is 5.29. The van der Waals surface area contributed by atoms with E-state index in [9.17, 15) is 0 Å². The van der Waals surface area contributed by atoms with E-state index >= 15 is 0 Å². The zero-order valence-electron chi connectivity index (χ0n) is 9.67. The molecule has 0 spiro atoms. The minimum absolute atomic E-state index is 0. The van der Waals surface area contributed by atoms with Crippen LogP contribution >= 0.6 is 0 Å². The van der Waals surface area contributed by atoms with Gasteiger partial charge in [0, 0.05) is 0 Å². The van der Waals surface area contributed by atoms with Gasteiger partial charge < -0.3 is 78.1 Å². The van der Waals surface area contributed by atoms with Gasteiger partial charge in [-0.1, -0.05) is 0 Å². The van der Waals surface area contributed by atoms with Crippen LogP contribution in [0.2, 0.25) is 0 Å². The molecule has 0 heterocycles. The largest absolute Gasteiger partial charge is 1.00 e. The van der Waals surface area contributed by atoms with Crippen molar-refractivity contribution in [3.8, 4) is 0 Å². The first-order valence-electron chi connectivity index (χ1n) is 3.92. The van der Waals surface area contributed by atoms with Gasteiger partial charge in [-0.2, -0.15) is 0 Å². The first kappa shape index (κ1) is 26.0. The molecule has 0 amide bonds. The number of allylic oxidation sites excluding steroid dienone is 4. The van der Waals surface area contributed by atoms with Crippen molar-refractivity contribution in [1.29, 1.82) is 0 Å². The Labute approximate surface area is 155 Å². The van der Waals surface area contributed by atoms with E-state index in [0.29, 0.717) is 5.41 Å². The first-order chi connectivity index (χ1) is 4.89. The Bertz CT molecular complexity index is 244. The second-order valence-corrected chi connectivity index (χ2v) is 4.99. The number of hydrogen-bond donors (Lipinski definition) is 1. The summed E-state index contributed by atoms with van der Waals surface area (Å²) in [4.78, 5) is 0. The van der Waals surface area contributed by atoms with Gasteiger partial charge in [0.2, 0.25) is 0 Å². The fraction of sp³-hybridized carbons (Fsp3) is 0.600. The topological polar surface area (TPSA) is 35.0 Å². The molecular formula is C10H18I3IrN. The van der Waals surface area contributed by atoms with E-state index in [2.05, 4.69) is 53.5 Å². The number of rotatable bonds is 0. The van der Waals surface area contributed by atoms with Crippen LogP contribution in [-0.2, 0) is 18.9 Å². The van der Waals surface area contributed by atoms with Gasteiger partial charge in [-0.3, -0.25) is 0 Å². The van der Waals surface area contributed by atoms with Crippen LogP contribution in [-0.4, -0.2) is 0 Å². The molecule has 1 rings (SSSR count). The number of halogens is 3. The van der Waals surface area contributed by atoms with Gasteiger partial charge in [-0.25, -0.2) is 0 Å². The van der Waals surface area contributed by atoms with Crippen LogP contribution in [0.1, 0.15) is 34.6 Å². The third kappa shape index (κ3) is 4.81. The first-order valence-corrected chi connectivity index (χ1v) is 5.11. The van der Waals surface area contributed by atoms with E-state index < -0.39 is 0 Å². The zero-order valence-corrected chi connectivity index (χ0v) is 18.5. The molecule has 0 fully saturated rings. The van der Waals surface area contributed by atoms with E-state index in [1.165, 1.54) is 20.8 Å². The zero-order chi connectivity index (χ0) is 8.81. The van der Waals surface area contributed by atoms with Gasteiger partial charge in [-0.05, 0) is 0 Å². The Morgan fingerprint density at radius 2 is 1.20 bits per heavy atom. The second kappa shape index (κ2) is 9.24. The van der Waals surface area contributed by atoms with Crippen LogP contribution in [0.15, 0.2) is 20.8 Å². The summed E-state index contributed by atoms with van der Waals surface area (Å²) >= 11 is 2.25. The summed E-state index contributed by atoms with van der Waals surface area (Å²) in [6.45, 7) is 11.3. The van der Waals surface area contributed by atoms with Crippen LogP contribution in [0.3, 0.4) is 0 Å². The molecule has 0 atom stereocenters. The fourth-order valence-corrected chi connectivity index (χ4v) is 2.43. The van der Waals surface area contributed by atoms with E-state index in [-0.39, 0.29) is 78.1 Å². The minimum Gasteiger partial charge on any atom is -1.00 e. The molecule has 0 aromatic rings. The van der Waals surface area contributed by atoms with Gasteiger partial charge in [0.05, 0.1) is 0 Å². The Hall–Kier alpha value is 2.28. The molecule has 0 aromatic heterocycles. The summed E-state index contributed by atoms with van der Waals surface area (Å²) in [5, 5.41) is 0. The number of hydrogen-bond acceptors (Lipinski definition) is 1. The van der Waals surface area contributed by atoms with Crippen LogP contribution in [0.25, 0.3) is 0 Å². The predicted molar refractivity (Wildman–Crippen MR) is 49.9 cm³/mol. The molecule has 0 saturated carbocycles. The average Bonchev–Trinajstić information content (AvgIpc) is 2.06. The van der Waals surface area contributed by atoms with E-state index in [1.54, 1.807) is 0 Å². The van der Waals surface area contributed by atoms with E-state index in [1.807, 2.05) is 0 Å². The van der Waals surface area contributed by atoms with Gasteiger partial charge in [0.25, 0.3) is 0 Å². The summed E-state index contributed by atoms with van der Waals surface area (Å²) in [5.41, 5.74) is 4.83. The van der Waals surface area contributed by atoms with Crippen LogP contribution in [0.5, 0.6) is 0 Å². The molecule has 0 aromatic carbocycles. The molecular weight excluding hydrogens is 707 g/mol. The smallest absolute Gasteiger partial charge is 0.344 e. The molecule has 93 valence electrons. The molecule has 1 nitrogen and oxygen atoms in total. The molecule has 0 aliphatic heterocycles. The standard InChI is InChI=1S/C10H15.3HI.Ir.H3N/c1-7-6-10(4,5)9(3)8(7)2;;;;;/h1-5H3;3*1H;;1H3/q;;;;+3;/p-3. The van der Waals surface area contributed by atoms with Crippen molar-refractivity contribution in [3.05, 3.63) is 20.8 Å². The maximum Gasteiger partial charge on any atom is -0.344 e. The maximum atomic E-state index is 2.30. The average molecular weight is 725 g/mol. The Morgan fingerprint density at radius 3 is 1.27 bits per heavy atom. The van der Waals surface area contributed by atoms with Gasteiger partial charge in [-0.15, -0.1) is 0 Å². The van der Waals surface area contributed by atoms with Crippen LogP contribution in [0.4, 0.5) is 0 Å². The quantitative estimate of drug-likeness (QED) is 0.249. The van der Waals surface area contributed by atoms with E-state index in [4.69, 9.17) is 0 Å². The Balaban J connectivity index is -0.000000151. The van der Waals surface area contributed by atoms with Gasteiger partial charge in [0.1, 0.15) is 0 Å². The summed E-state index contributed by atoms with van der Waals surface area (Å²) in [5.74, 6) is 0. The van der Waals surface area contributed by atoms with Crippen LogP contribution < -0.4 is 78.1 Å². The summed E-state index contributed by atoms with van der Waals surface area (Å²) in [7, 11) is 0. The van der Waals surface area contributed by atoms with Gasteiger partial charge in [0.15, 0.2) is 0 Å². The molecule has 15 heavy (non-hydrogen) atoms. The molecule has 3 N–H and O–H groups in total. The SMILES string of the molecule is CC1=C(C)C(C)(C)[C]([Ir+3])=C1C.N.[I-].[I-].[I-]. The van der Waals surface area contributed by atoms with Crippen molar-refractivity contribution < 1.29 is 90.8 Å². The molecule has 1 aliphatic carbocycles. The maximum absolute atomic E-state index is 2.30. The van der Waals surface area contributed by atoms with Crippen molar-refractivity contribution in [2.24, 2.45) is 5.41 Å². The Kier molecular flexibility index (Phi) is 16.0. The summed E-state index contributed by atoms with van der Waals surface area (Å²) in [6, 6.07) is 0. The monoisotopic (exact) mass is 726 g/mol. The molecule has 5 heteroatoms. The van der Waals surface area contributed by atoms with Crippen molar-refractivity contribution >= 4 is 0 Å². The molecule has 1 aliphatic rings. The normalized spacial score (nSPS) is 17.1. The predicted octanol–water partition coefficient (Wildman–Crippen LogP) is -5.64. The third-order valence-electron chi connectivity index (χ3n) is 2.90.